The van der Waals surface area contributed by atoms with Crippen LogP contribution in [0.2, 0.25) is 0 Å². The molecule has 0 spiro atoms. The summed E-state index contributed by atoms with van der Waals surface area (Å²) >= 11 is 0. The van der Waals surface area contributed by atoms with Gasteiger partial charge < -0.3 is 9.72 Å². The summed E-state index contributed by atoms with van der Waals surface area (Å²) in [6, 6.07) is 8.07. The molecular formula is C13H13NO2. The average Bonchev–Trinajstić information content (AvgIpc) is 2.72. The molecule has 0 aliphatic rings. The van der Waals surface area contributed by atoms with Gasteiger partial charge in [0.15, 0.2) is 0 Å². The number of aromatic nitrogens is 1. The predicted octanol–water partition coefficient (Wildman–Crippen LogP) is 2.74. The van der Waals surface area contributed by atoms with E-state index in [1.807, 2.05) is 42.6 Å². The molecule has 2 aromatic rings. The first-order chi connectivity index (χ1) is 7.77. The van der Waals surface area contributed by atoms with Crippen molar-refractivity contribution < 1.29 is 9.53 Å². The molecule has 3 heteroatoms. The van der Waals surface area contributed by atoms with Crippen LogP contribution in [0.25, 0.3) is 17.0 Å². The van der Waals surface area contributed by atoms with E-state index in [2.05, 4.69) is 4.98 Å². The highest BCUT2D eigenvalue weighted by Gasteiger charge is 1.97. The zero-order chi connectivity index (χ0) is 11.4. The number of nitrogens with one attached hydrogen (secondary N) is 1. The van der Waals surface area contributed by atoms with Gasteiger partial charge in [0, 0.05) is 24.0 Å². The minimum absolute atomic E-state index is 0.260. The summed E-state index contributed by atoms with van der Waals surface area (Å²) < 4.78 is 4.82. The second-order valence-corrected chi connectivity index (χ2v) is 3.49. The van der Waals surface area contributed by atoms with Gasteiger partial charge in [0.05, 0.1) is 0 Å². The molecule has 0 bridgehead atoms. The first-order valence-electron chi connectivity index (χ1n) is 5.13. The quantitative estimate of drug-likeness (QED) is 0.800. The van der Waals surface area contributed by atoms with Crippen molar-refractivity contribution in [1.82, 2.24) is 4.98 Å². The maximum absolute atomic E-state index is 10.6. The van der Waals surface area contributed by atoms with E-state index in [0.29, 0.717) is 6.61 Å². The molecule has 0 saturated heterocycles. The highest BCUT2D eigenvalue weighted by molar-refractivity contribution is 5.88. The predicted molar refractivity (Wildman–Crippen MR) is 64.0 cm³/mol. The summed E-state index contributed by atoms with van der Waals surface area (Å²) in [6.07, 6.45) is 5.70. The number of hydrogen-bond donors (Lipinski definition) is 1. The van der Waals surface area contributed by atoms with Crippen molar-refractivity contribution in [2.24, 2.45) is 0 Å². The fraction of sp³-hybridized carbons (Fsp3) is 0.154. The van der Waals surface area contributed by atoms with E-state index < -0.39 is 0 Å². The van der Waals surface area contributed by atoms with Crippen molar-refractivity contribution >= 4 is 22.9 Å². The van der Waals surface area contributed by atoms with Crippen molar-refractivity contribution in [3.05, 3.63) is 42.1 Å². The monoisotopic (exact) mass is 215 g/mol. The molecule has 1 aromatic heterocycles. The average molecular weight is 215 g/mol. The van der Waals surface area contributed by atoms with Crippen LogP contribution in [0.4, 0.5) is 0 Å². The third-order valence-corrected chi connectivity index (χ3v) is 2.31. The molecule has 2 rings (SSSR count). The molecule has 0 atom stereocenters. The van der Waals surface area contributed by atoms with Gasteiger partial charge >= 0.3 is 5.97 Å². The van der Waals surface area contributed by atoms with Crippen molar-refractivity contribution in [2.45, 2.75) is 6.92 Å². The molecule has 0 unspecified atom stereocenters. The Morgan fingerprint density at radius 3 is 3.12 bits per heavy atom. The molecule has 1 heterocycles. The van der Waals surface area contributed by atoms with Crippen molar-refractivity contribution in [1.29, 1.82) is 0 Å². The van der Waals surface area contributed by atoms with Gasteiger partial charge in [0.2, 0.25) is 0 Å². The van der Waals surface area contributed by atoms with Gasteiger partial charge in [-0.05, 0) is 23.8 Å². The van der Waals surface area contributed by atoms with Crippen LogP contribution in [0.15, 0.2) is 36.5 Å². The van der Waals surface area contributed by atoms with Crippen molar-refractivity contribution in [3.8, 4) is 0 Å². The lowest BCUT2D eigenvalue weighted by atomic mass is 10.1. The van der Waals surface area contributed by atoms with Crippen LogP contribution in [0.5, 0.6) is 0 Å². The summed E-state index contributed by atoms with van der Waals surface area (Å²) in [5.74, 6) is -0.260. The number of esters is 1. The topological polar surface area (TPSA) is 42.1 Å². The Morgan fingerprint density at radius 2 is 2.31 bits per heavy atom. The second-order valence-electron chi connectivity index (χ2n) is 3.49. The molecule has 0 amide bonds. The third-order valence-electron chi connectivity index (χ3n) is 2.31. The van der Waals surface area contributed by atoms with Gasteiger partial charge in [-0.15, -0.1) is 0 Å². The van der Waals surface area contributed by atoms with Gasteiger partial charge in [0.1, 0.15) is 6.61 Å². The van der Waals surface area contributed by atoms with Crippen LogP contribution in [0.1, 0.15) is 12.5 Å². The zero-order valence-corrected chi connectivity index (χ0v) is 9.07. The van der Waals surface area contributed by atoms with Crippen molar-refractivity contribution in [3.63, 3.8) is 0 Å². The number of fused-ring (bicyclic) bond motifs is 1. The summed E-state index contributed by atoms with van der Waals surface area (Å²) in [5, 5.41) is 1.17. The maximum Gasteiger partial charge on any atom is 0.302 e. The van der Waals surface area contributed by atoms with Crippen LogP contribution in [-0.4, -0.2) is 17.6 Å². The van der Waals surface area contributed by atoms with Crippen LogP contribution >= 0.6 is 0 Å². The van der Waals surface area contributed by atoms with Crippen LogP contribution in [-0.2, 0) is 9.53 Å². The first-order valence-corrected chi connectivity index (χ1v) is 5.13. The Morgan fingerprint density at radius 1 is 1.44 bits per heavy atom. The molecule has 0 aliphatic heterocycles. The van der Waals surface area contributed by atoms with Gasteiger partial charge in [-0.1, -0.05) is 18.2 Å². The van der Waals surface area contributed by atoms with Crippen LogP contribution in [0, 0.1) is 0 Å². The number of H-pyrrole nitrogens is 1. The number of aromatic amines is 1. The van der Waals surface area contributed by atoms with Crippen LogP contribution < -0.4 is 0 Å². The minimum Gasteiger partial charge on any atom is -0.462 e. The molecule has 0 radical (unpaired) electrons. The smallest absolute Gasteiger partial charge is 0.302 e. The van der Waals surface area contributed by atoms with Crippen molar-refractivity contribution in [2.75, 3.05) is 6.61 Å². The number of benzene rings is 1. The van der Waals surface area contributed by atoms with E-state index in [4.69, 9.17) is 4.74 Å². The number of carbonyl (C=O) groups excluding carboxylic acids is 1. The van der Waals surface area contributed by atoms with Gasteiger partial charge in [0.25, 0.3) is 0 Å². The van der Waals surface area contributed by atoms with Crippen LogP contribution in [0.3, 0.4) is 0 Å². The number of ether oxygens (including phenoxy) is 1. The zero-order valence-electron chi connectivity index (χ0n) is 9.07. The summed E-state index contributed by atoms with van der Waals surface area (Å²) in [4.78, 5) is 13.7. The molecule has 3 nitrogen and oxygen atoms in total. The maximum atomic E-state index is 10.6. The van der Waals surface area contributed by atoms with Gasteiger partial charge in [-0.3, -0.25) is 4.79 Å². The lowest BCUT2D eigenvalue weighted by Gasteiger charge is -1.97. The number of carbonyl (C=O) groups is 1. The van der Waals surface area contributed by atoms with Gasteiger partial charge in [-0.25, -0.2) is 0 Å². The highest BCUT2D eigenvalue weighted by atomic mass is 16.5. The number of hydrogen-bond acceptors (Lipinski definition) is 2. The van der Waals surface area contributed by atoms with E-state index in [9.17, 15) is 4.79 Å². The Balaban J connectivity index is 2.14. The fourth-order valence-electron chi connectivity index (χ4n) is 1.60. The molecule has 1 aromatic carbocycles. The highest BCUT2D eigenvalue weighted by Crippen LogP contribution is 2.18. The molecule has 0 aliphatic carbocycles. The standard InChI is InChI=1S/C13H13NO2/c1-10(15)16-9-3-5-11-4-2-6-13-12(11)7-8-14-13/h2-8,14H,9H2,1H3/b5-3+. The Kier molecular flexibility index (Phi) is 3.05. The second kappa shape index (κ2) is 4.66. The van der Waals surface area contributed by atoms with E-state index in [-0.39, 0.29) is 5.97 Å². The Bertz CT molecular complexity index is 525. The Labute approximate surface area is 93.7 Å². The third kappa shape index (κ3) is 2.31. The Hall–Kier alpha value is -2.03. The minimum atomic E-state index is -0.260. The molecule has 82 valence electrons. The number of rotatable bonds is 3. The van der Waals surface area contributed by atoms with E-state index in [0.717, 1.165) is 11.1 Å². The summed E-state index contributed by atoms with van der Waals surface area (Å²) in [7, 11) is 0. The fourth-order valence-corrected chi connectivity index (χ4v) is 1.60. The van der Waals surface area contributed by atoms with E-state index >= 15 is 0 Å². The molecular weight excluding hydrogens is 202 g/mol. The largest absolute Gasteiger partial charge is 0.462 e. The molecule has 1 N–H and O–H groups in total. The first kappa shape index (κ1) is 10.5. The molecule has 0 saturated carbocycles. The SMILES string of the molecule is CC(=O)OC/C=C/c1cccc2[nH]ccc12. The summed E-state index contributed by atoms with van der Waals surface area (Å²) in [6.45, 7) is 1.72. The molecule has 16 heavy (non-hydrogen) atoms. The van der Waals surface area contributed by atoms with E-state index in [1.165, 1.54) is 12.3 Å². The lowest BCUT2D eigenvalue weighted by molar-refractivity contribution is -0.139. The van der Waals surface area contributed by atoms with E-state index in [1.54, 1.807) is 0 Å². The lowest BCUT2D eigenvalue weighted by Crippen LogP contribution is -1.97. The van der Waals surface area contributed by atoms with Gasteiger partial charge in [-0.2, -0.15) is 0 Å². The molecule has 0 fully saturated rings. The normalized spacial score (nSPS) is 11.1. The summed E-state index contributed by atoms with van der Waals surface area (Å²) in [5.41, 5.74) is 2.22.